The maximum Gasteiger partial charge on any atom is 0.0829 e. The number of aliphatic hydroxyl groups excluding tert-OH is 1. The fraction of sp³-hybridized carbons (Fsp3) is 1.00. The van der Waals surface area contributed by atoms with E-state index in [-0.39, 0.29) is 0 Å². The van der Waals surface area contributed by atoms with Gasteiger partial charge in [-0.15, -0.1) is 0 Å². The van der Waals surface area contributed by atoms with Crippen molar-refractivity contribution in [3.05, 3.63) is 0 Å². The van der Waals surface area contributed by atoms with E-state index in [9.17, 15) is 0 Å². The molecule has 0 bridgehead atoms. The molecule has 0 radical (unpaired) electrons. The van der Waals surface area contributed by atoms with Crippen molar-refractivity contribution < 1.29 is 9.84 Å². The van der Waals surface area contributed by atoms with Gasteiger partial charge in [-0.25, -0.2) is 0 Å². The number of hydrogen-bond donors (Lipinski definition) is 1. The lowest BCUT2D eigenvalue weighted by molar-refractivity contribution is -0.0528. The Kier molecular flexibility index (Phi) is 5.89. The summed E-state index contributed by atoms with van der Waals surface area (Å²) in [5, 5.41) is 9.01. The molecule has 1 N–H and O–H groups in total. The molecule has 1 aliphatic carbocycles. The Morgan fingerprint density at radius 3 is 2.83 bits per heavy atom. The average molecular weight is 256 g/mol. The van der Waals surface area contributed by atoms with Crippen molar-refractivity contribution in [2.24, 2.45) is 0 Å². The maximum absolute atomic E-state index is 9.01. The Bertz CT molecular complexity index is 234. The molecule has 2 aliphatic rings. The SMILES string of the molecule is CCN1CCOC(CN(CCCO)C2CCC2)C1. The van der Waals surface area contributed by atoms with E-state index in [0.717, 1.165) is 51.8 Å². The van der Waals surface area contributed by atoms with Crippen molar-refractivity contribution in [3.8, 4) is 0 Å². The zero-order chi connectivity index (χ0) is 12.8. The average Bonchev–Trinajstić information content (AvgIpc) is 2.34. The molecule has 0 aromatic carbocycles. The lowest BCUT2D eigenvalue weighted by atomic mass is 9.91. The highest BCUT2D eigenvalue weighted by Crippen LogP contribution is 2.25. The molecule has 1 saturated heterocycles. The Labute approximate surface area is 111 Å². The zero-order valence-corrected chi connectivity index (χ0v) is 11.7. The van der Waals surface area contributed by atoms with Gasteiger partial charge in [0.25, 0.3) is 0 Å². The van der Waals surface area contributed by atoms with Crippen molar-refractivity contribution in [2.45, 2.75) is 44.8 Å². The van der Waals surface area contributed by atoms with Gasteiger partial charge < -0.3 is 9.84 Å². The molecule has 2 fully saturated rings. The van der Waals surface area contributed by atoms with E-state index in [1.165, 1.54) is 19.3 Å². The number of ether oxygens (including phenoxy) is 1. The van der Waals surface area contributed by atoms with Crippen LogP contribution in [0.25, 0.3) is 0 Å². The predicted molar refractivity (Wildman–Crippen MR) is 72.8 cm³/mol. The number of rotatable bonds is 7. The van der Waals surface area contributed by atoms with Crippen LogP contribution in [0.5, 0.6) is 0 Å². The largest absolute Gasteiger partial charge is 0.396 e. The first kappa shape index (κ1) is 14.3. The summed E-state index contributed by atoms with van der Waals surface area (Å²) < 4.78 is 5.89. The molecular weight excluding hydrogens is 228 g/mol. The van der Waals surface area contributed by atoms with E-state index >= 15 is 0 Å². The number of nitrogens with zero attached hydrogens (tertiary/aromatic N) is 2. The molecule has 4 heteroatoms. The molecular formula is C14H28N2O2. The third kappa shape index (κ3) is 3.92. The molecule has 1 unspecified atom stereocenters. The Morgan fingerprint density at radius 2 is 2.22 bits per heavy atom. The van der Waals surface area contributed by atoms with Gasteiger partial charge in [0, 0.05) is 38.8 Å². The monoisotopic (exact) mass is 256 g/mol. The quantitative estimate of drug-likeness (QED) is 0.735. The summed E-state index contributed by atoms with van der Waals surface area (Å²) in [6, 6.07) is 0.747. The van der Waals surface area contributed by atoms with Crippen LogP contribution < -0.4 is 0 Å². The fourth-order valence-corrected chi connectivity index (χ4v) is 2.89. The standard InChI is InChI=1S/C14H28N2O2/c1-2-15-8-10-18-14(11-15)12-16(7-4-9-17)13-5-3-6-13/h13-14,17H,2-12H2,1H3. The molecule has 4 nitrogen and oxygen atoms in total. The summed E-state index contributed by atoms with van der Waals surface area (Å²) in [5.74, 6) is 0. The van der Waals surface area contributed by atoms with Gasteiger partial charge in [0.05, 0.1) is 12.7 Å². The van der Waals surface area contributed by atoms with Crippen molar-refractivity contribution in [1.82, 2.24) is 9.80 Å². The van der Waals surface area contributed by atoms with Gasteiger partial charge in [0.15, 0.2) is 0 Å². The van der Waals surface area contributed by atoms with Crippen LogP contribution in [0.2, 0.25) is 0 Å². The molecule has 2 rings (SSSR count). The van der Waals surface area contributed by atoms with Gasteiger partial charge in [0.1, 0.15) is 0 Å². The first-order valence-electron chi connectivity index (χ1n) is 7.52. The first-order chi connectivity index (χ1) is 8.83. The lowest BCUT2D eigenvalue weighted by Gasteiger charge is -2.41. The Hall–Kier alpha value is -0.160. The van der Waals surface area contributed by atoms with Gasteiger partial charge in [-0.05, 0) is 25.8 Å². The fourth-order valence-electron chi connectivity index (χ4n) is 2.89. The van der Waals surface area contributed by atoms with Gasteiger partial charge in [-0.3, -0.25) is 9.80 Å². The molecule has 1 saturated carbocycles. The molecule has 1 aliphatic heterocycles. The third-order valence-corrected chi connectivity index (χ3v) is 4.30. The lowest BCUT2D eigenvalue weighted by Crippen LogP contribution is -2.51. The highest BCUT2D eigenvalue weighted by molar-refractivity contribution is 4.83. The van der Waals surface area contributed by atoms with Crippen LogP contribution in [0.3, 0.4) is 0 Å². The van der Waals surface area contributed by atoms with Gasteiger partial charge in [-0.2, -0.15) is 0 Å². The van der Waals surface area contributed by atoms with E-state index in [1.807, 2.05) is 0 Å². The summed E-state index contributed by atoms with van der Waals surface area (Å²) >= 11 is 0. The van der Waals surface area contributed by atoms with Crippen LogP contribution in [0.15, 0.2) is 0 Å². The van der Waals surface area contributed by atoms with Crippen LogP contribution in [0.1, 0.15) is 32.6 Å². The first-order valence-corrected chi connectivity index (χ1v) is 7.52. The summed E-state index contributed by atoms with van der Waals surface area (Å²) in [7, 11) is 0. The number of morpholine rings is 1. The normalized spacial score (nSPS) is 26.5. The van der Waals surface area contributed by atoms with Crippen molar-refractivity contribution in [3.63, 3.8) is 0 Å². The minimum absolute atomic E-state index is 0.301. The molecule has 0 spiro atoms. The molecule has 0 aromatic heterocycles. The van der Waals surface area contributed by atoms with Gasteiger partial charge in [-0.1, -0.05) is 13.3 Å². The van der Waals surface area contributed by atoms with Crippen molar-refractivity contribution in [2.75, 3.05) is 45.9 Å². The van der Waals surface area contributed by atoms with E-state index in [2.05, 4.69) is 16.7 Å². The second-order valence-corrected chi connectivity index (χ2v) is 5.54. The molecule has 1 atom stereocenters. The predicted octanol–water partition coefficient (Wildman–Crippen LogP) is 0.944. The van der Waals surface area contributed by atoms with Gasteiger partial charge >= 0.3 is 0 Å². The van der Waals surface area contributed by atoms with Crippen LogP contribution >= 0.6 is 0 Å². The second-order valence-electron chi connectivity index (χ2n) is 5.54. The molecule has 1 heterocycles. The van der Waals surface area contributed by atoms with Crippen LogP contribution in [-0.2, 0) is 4.74 Å². The smallest absolute Gasteiger partial charge is 0.0829 e. The van der Waals surface area contributed by atoms with E-state index in [4.69, 9.17) is 9.84 Å². The number of hydrogen-bond acceptors (Lipinski definition) is 4. The zero-order valence-electron chi connectivity index (χ0n) is 11.7. The van der Waals surface area contributed by atoms with Crippen LogP contribution in [0, 0.1) is 0 Å². The number of aliphatic hydroxyl groups is 1. The summed E-state index contributed by atoms with van der Waals surface area (Å²) in [5.41, 5.74) is 0. The van der Waals surface area contributed by atoms with E-state index in [0.29, 0.717) is 12.7 Å². The van der Waals surface area contributed by atoms with Gasteiger partial charge in [0.2, 0.25) is 0 Å². The van der Waals surface area contributed by atoms with Crippen LogP contribution in [-0.4, -0.2) is 73.0 Å². The molecule has 0 aromatic rings. The topological polar surface area (TPSA) is 35.9 Å². The summed E-state index contributed by atoms with van der Waals surface area (Å²) in [4.78, 5) is 5.02. The van der Waals surface area contributed by atoms with Crippen LogP contribution in [0.4, 0.5) is 0 Å². The minimum Gasteiger partial charge on any atom is -0.396 e. The second kappa shape index (κ2) is 7.43. The maximum atomic E-state index is 9.01. The molecule has 18 heavy (non-hydrogen) atoms. The molecule has 0 amide bonds. The summed E-state index contributed by atoms with van der Waals surface area (Å²) in [6.45, 7) is 8.73. The Balaban J connectivity index is 1.79. The highest BCUT2D eigenvalue weighted by Gasteiger charge is 2.28. The highest BCUT2D eigenvalue weighted by atomic mass is 16.5. The number of likely N-dealkylation sites (N-methyl/N-ethyl adjacent to an activating group) is 1. The Morgan fingerprint density at radius 1 is 1.39 bits per heavy atom. The molecule has 106 valence electrons. The van der Waals surface area contributed by atoms with Crippen molar-refractivity contribution >= 4 is 0 Å². The van der Waals surface area contributed by atoms with E-state index < -0.39 is 0 Å². The summed E-state index contributed by atoms with van der Waals surface area (Å²) in [6.07, 6.45) is 5.27. The van der Waals surface area contributed by atoms with Crippen molar-refractivity contribution in [1.29, 1.82) is 0 Å². The van der Waals surface area contributed by atoms with E-state index in [1.54, 1.807) is 0 Å². The minimum atomic E-state index is 0.301. The third-order valence-electron chi connectivity index (χ3n) is 4.30.